The molecule has 2 atom stereocenters. The monoisotopic (exact) mass is 264 g/mol. The summed E-state index contributed by atoms with van der Waals surface area (Å²) in [5.74, 6) is -0.186. The van der Waals surface area contributed by atoms with Crippen LogP contribution in [0.15, 0.2) is 23.8 Å². The Hall–Kier alpha value is -1.38. The first-order valence-corrected chi connectivity index (χ1v) is 7.03. The molecule has 106 valence electrons. The number of esters is 1. The van der Waals surface area contributed by atoms with Crippen LogP contribution in [0.25, 0.3) is 0 Å². The molecule has 2 unspecified atom stereocenters. The van der Waals surface area contributed by atoms with Gasteiger partial charge >= 0.3 is 5.97 Å². The van der Waals surface area contributed by atoms with Crippen molar-refractivity contribution in [3.8, 4) is 0 Å². The lowest BCUT2D eigenvalue weighted by Crippen LogP contribution is -2.23. The Morgan fingerprint density at radius 2 is 2.05 bits per heavy atom. The first-order valence-electron chi connectivity index (χ1n) is 7.03. The summed E-state index contributed by atoms with van der Waals surface area (Å²) in [7, 11) is 0. The fourth-order valence-corrected chi connectivity index (χ4v) is 2.58. The number of rotatable bonds is 8. The van der Waals surface area contributed by atoms with Crippen LogP contribution in [-0.4, -0.2) is 18.4 Å². The van der Waals surface area contributed by atoms with Crippen LogP contribution in [-0.2, 0) is 14.3 Å². The van der Waals surface area contributed by atoms with E-state index < -0.39 is 5.41 Å². The Balaban J connectivity index is 2.94. The predicted molar refractivity (Wildman–Crippen MR) is 75.7 cm³/mol. The molecule has 0 fully saturated rings. The average molecular weight is 264 g/mol. The molecule has 0 aromatic carbocycles. The molecular weight excluding hydrogens is 240 g/mol. The van der Waals surface area contributed by atoms with Crippen molar-refractivity contribution in [3.63, 3.8) is 0 Å². The van der Waals surface area contributed by atoms with Crippen molar-refractivity contribution in [1.29, 1.82) is 0 Å². The first-order chi connectivity index (χ1) is 8.94. The molecular formula is C16H24O3. The van der Waals surface area contributed by atoms with Crippen LogP contribution in [0, 0.1) is 11.3 Å². The van der Waals surface area contributed by atoms with E-state index in [1.165, 1.54) is 0 Å². The molecule has 1 aliphatic carbocycles. The molecule has 0 amide bonds. The number of allylic oxidation sites excluding steroid dienone is 1. The van der Waals surface area contributed by atoms with Crippen LogP contribution in [0.4, 0.5) is 0 Å². The van der Waals surface area contributed by atoms with Gasteiger partial charge in [0, 0.05) is 12.0 Å². The van der Waals surface area contributed by atoms with Gasteiger partial charge in [0.05, 0.1) is 6.61 Å². The highest BCUT2D eigenvalue weighted by Gasteiger charge is 2.59. The van der Waals surface area contributed by atoms with Crippen molar-refractivity contribution in [2.24, 2.45) is 11.3 Å². The van der Waals surface area contributed by atoms with Crippen molar-refractivity contribution in [3.05, 3.63) is 23.8 Å². The molecule has 0 bridgehead atoms. The van der Waals surface area contributed by atoms with Crippen LogP contribution in [0.3, 0.4) is 0 Å². The minimum absolute atomic E-state index is 0.0370. The molecule has 19 heavy (non-hydrogen) atoms. The largest absolute Gasteiger partial charge is 0.465 e. The summed E-state index contributed by atoms with van der Waals surface area (Å²) in [4.78, 5) is 24.3. The van der Waals surface area contributed by atoms with Gasteiger partial charge in [0.15, 0.2) is 5.78 Å². The summed E-state index contributed by atoms with van der Waals surface area (Å²) >= 11 is 0. The van der Waals surface area contributed by atoms with Gasteiger partial charge in [0.1, 0.15) is 5.41 Å². The number of ketones is 1. The molecule has 0 spiro atoms. The maximum Gasteiger partial charge on any atom is 0.320 e. The Morgan fingerprint density at radius 1 is 1.42 bits per heavy atom. The fraction of sp³-hybridized carbons (Fsp3) is 0.625. The third-order valence-electron chi connectivity index (χ3n) is 3.77. The lowest BCUT2D eigenvalue weighted by molar-refractivity contribution is -0.148. The van der Waals surface area contributed by atoms with Crippen molar-refractivity contribution < 1.29 is 14.3 Å². The minimum atomic E-state index is -0.811. The second-order valence-corrected chi connectivity index (χ2v) is 5.19. The molecule has 3 heteroatoms. The van der Waals surface area contributed by atoms with Gasteiger partial charge in [-0.25, -0.2) is 0 Å². The zero-order chi connectivity index (χ0) is 14.6. The van der Waals surface area contributed by atoms with E-state index in [2.05, 4.69) is 6.58 Å². The molecule has 0 aromatic heterocycles. The van der Waals surface area contributed by atoms with Gasteiger partial charge in [-0.1, -0.05) is 26.3 Å². The van der Waals surface area contributed by atoms with Gasteiger partial charge in [-0.05, 0) is 31.8 Å². The number of hydrogen-bond acceptors (Lipinski definition) is 3. The lowest BCUT2D eigenvalue weighted by Gasteiger charge is -2.14. The van der Waals surface area contributed by atoms with Crippen LogP contribution in [0.2, 0.25) is 0 Å². The van der Waals surface area contributed by atoms with Crippen molar-refractivity contribution >= 4 is 11.8 Å². The second kappa shape index (κ2) is 6.18. The molecule has 1 aliphatic rings. The number of Topliss-reactive ketones (excluding diaryl/α,β-unsaturated/α-hetero) is 1. The summed E-state index contributed by atoms with van der Waals surface area (Å²) in [5, 5.41) is 0. The molecule has 0 aromatic rings. The highest BCUT2D eigenvalue weighted by molar-refractivity contribution is 6.12. The summed E-state index contributed by atoms with van der Waals surface area (Å²) in [5.41, 5.74) is 0.739. The Kier molecular flexibility index (Phi) is 5.10. The molecule has 0 saturated carbocycles. The third kappa shape index (κ3) is 2.80. The zero-order valence-electron chi connectivity index (χ0n) is 12.4. The van der Waals surface area contributed by atoms with E-state index in [4.69, 9.17) is 4.74 Å². The molecule has 0 saturated heterocycles. The fourth-order valence-electron chi connectivity index (χ4n) is 2.58. The van der Waals surface area contributed by atoms with Gasteiger partial charge in [-0.3, -0.25) is 9.59 Å². The smallest absolute Gasteiger partial charge is 0.320 e. The average Bonchev–Trinajstić information content (AvgIpc) is 3.03. The highest BCUT2D eigenvalue weighted by atomic mass is 16.5. The predicted octanol–water partition coefficient (Wildman–Crippen LogP) is 3.45. The minimum Gasteiger partial charge on any atom is -0.465 e. The van der Waals surface area contributed by atoms with Crippen molar-refractivity contribution in [2.75, 3.05) is 6.61 Å². The molecule has 0 heterocycles. The summed E-state index contributed by atoms with van der Waals surface area (Å²) < 4.78 is 5.11. The van der Waals surface area contributed by atoms with E-state index in [1.54, 1.807) is 19.9 Å². The van der Waals surface area contributed by atoms with Crippen LogP contribution < -0.4 is 0 Å². The summed E-state index contributed by atoms with van der Waals surface area (Å²) in [6, 6.07) is 0. The summed E-state index contributed by atoms with van der Waals surface area (Å²) in [6.07, 6.45) is 4.11. The van der Waals surface area contributed by atoms with E-state index in [0.29, 0.717) is 18.6 Å². The van der Waals surface area contributed by atoms with Crippen molar-refractivity contribution in [2.45, 2.75) is 47.0 Å². The second-order valence-electron chi connectivity index (χ2n) is 5.19. The number of carbonyl (C=O) groups excluding carboxylic acids is 2. The summed E-state index contributed by atoms with van der Waals surface area (Å²) in [6.45, 7) is 11.7. The Bertz CT molecular complexity index is 420. The van der Waals surface area contributed by atoms with Gasteiger partial charge in [-0.2, -0.15) is 0 Å². The lowest BCUT2D eigenvalue weighted by atomic mass is 9.93. The van der Waals surface area contributed by atoms with E-state index in [-0.39, 0.29) is 17.7 Å². The number of carbonyl (C=O) groups is 2. The quantitative estimate of drug-likeness (QED) is 0.498. The van der Waals surface area contributed by atoms with E-state index in [0.717, 1.165) is 18.4 Å². The molecule has 1 rings (SSSR count). The van der Waals surface area contributed by atoms with Gasteiger partial charge < -0.3 is 4.74 Å². The SMILES string of the molecule is C=CC(C)C1=C(C(=O)CCCC)C1(C)C(=O)OCC. The maximum atomic E-state index is 12.2. The van der Waals surface area contributed by atoms with E-state index >= 15 is 0 Å². The van der Waals surface area contributed by atoms with Crippen LogP contribution in [0.5, 0.6) is 0 Å². The van der Waals surface area contributed by atoms with Crippen molar-refractivity contribution in [1.82, 2.24) is 0 Å². The standard InChI is InChI=1S/C16H24O3/c1-6-9-10-12(17)14-13(11(4)7-2)16(14,5)15(18)19-8-3/h7,11H,2,6,8-10H2,1,3-5H3. The third-order valence-corrected chi connectivity index (χ3v) is 3.77. The molecule has 0 aliphatic heterocycles. The zero-order valence-corrected chi connectivity index (χ0v) is 12.4. The molecule has 0 N–H and O–H groups in total. The molecule has 3 nitrogen and oxygen atoms in total. The molecule has 0 radical (unpaired) electrons. The number of hydrogen-bond donors (Lipinski definition) is 0. The van der Waals surface area contributed by atoms with Crippen LogP contribution in [0.1, 0.15) is 47.0 Å². The Labute approximate surface area is 115 Å². The maximum absolute atomic E-state index is 12.2. The number of ether oxygens (including phenoxy) is 1. The van der Waals surface area contributed by atoms with E-state index in [9.17, 15) is 9.59 Å². The Morgan fingerprint density at radius 3 is 2.53 bits per heavy atom. The van der Waals surface area contributed by atoms with E-state index in [1.807, 2.05) is 13.8 Å². The van der Waals surface area contributed by atoms with Gasteiger partial charge in [0.25, 0.3) is 0 Å². The topological polar surface area (TPSA) is 43.4 Å². The van der Waals surface area contributed by atoms with Crippen LogP contribution >= 0.6 is 0 Å². The highest BCUT2D eigenvalue weighted by Crippen LogP contribution is 2.57. The van der Waals surface area contributed by atoms with Gasteiger partial charge in [0.2, 0.25) is 0 Å². The number of unbranched alkanes of at least 4 members (excludes halogenated alkanes) is 1. The van der Waals surface area contributed by atoms with Gasteiger partial charge in [-0.15, -0.1) is 6.58 Å². The normalized spacial score (nSPS) is 22.9. The first kappa shape index (κ1) is 15.7.